The highest BCUT2D eigenvalue weighted by Gasteiger charge is 2.55. The Hall–Kier alpha value is -2.35. The second-order valence-electron chi connectivity index (χ2n) is 5.13. The minimum atomic E-state index is -2.02. The molecule has 0 bridgehead atoms. The molecule has 0 aromatic carbocycles. The second kappa shape index (κ2) is 6.18. The van der Waals surface area contributed by atoms with Crippen LogP contribution in [0.3, 0.4) is 0 Å². The minimum Gasteiger partial charge on any atom is -0.330 e. The van der Waals surface area contributed by atoms with E-state index >= 15 is 0 Å². The Balaban J connectivity index is 2.44. The zero-order valence-corrected chi connectivity index (χ0v) is 11.9. The number of rotatable bonds is 7. The molecule has 2 N–H and O–H groups in total. The van der Waals surface area contributed by atoms with Crippen LogP contribution in [0.4, 0.5) is 0 Å². The summed E-state index contributed by atoms with van der Waals surface area (Å²) in [5, 5.41) is 0. The highest BCUT2D eigenvalue weighted by Crippen LogP contribution is 2.32. The first kappa shape index (κ1) is 16.0. The summed E-state index contributed by atoms with van der Waals surface area (Å²) in [5.41, 5.74) is 3.39. The van der Waals surface area contributed by atoms with E-state index < -0.39 is 29.3 Å². The number of nitrogens with two attached hydrogens (primary N) is 1. The van der Waals surface area contributed by atoms with Gasteiger partial charge in [-0.2, -0.15) is 0 Å². The summed E-state index contributed by atoms with van der Waals surface area (Å²) in [6, 6.07) is 0. The predicted molar refractivity (Wildman–Crippen MR) is 73.4 cm³/mol. The van der Waals surface area contributed by atoms with Crippen LogP contribution in [0, 0.1) is 0 Å². The lowest BCUT2D eigenvalue weighted by atomic mass is 9.99. The number of carbonyl (C=O) groups excluding carboxylic acids is 5. The number of hydrogen-bond acceptors (Lipinski definition) is 6. The lowest BCUT2D eigenvalue weighted by molar-refractivity contribution is -0.158. The number of likely N-dealkylation sites (tertiary alicyclic amines) is 1. The van der Waals surface area contributed by atoms with Crippen molar-refractivity contribution in [1.29, 1.82) is 0 Å². The fourth-order valence-corrected chi connectivity index (χ4v) is 2.74. The SMILES string of the molecule is NCCCCC([C]=O)(N1C(=O)C=CC1=O)N1C(=O)CCC1=O. The van der Waals surface area contributed by atoms with E-state index in [1.54, 1.807) is 6.29 Å². The van der Waals surface area contributed by atoms with Gasteiger partial charge in [0.15, 0.2) is 5.66 Å². The average molecular weight is 306 g/mol. The number of imide groups is 2. The maximum Gasteiger partial charge on any atom is 0.255 e. The Morgan fingerprint density at radius 2 is 1.55 bits per heavy atom. The third-order valence-electron chi connectivity index (χ3n) is 3.74. The molecular weight excluding hydrogens is 290 g/mol. The molecule has 1 saturated heterocycles. The van der Waals surface area contributed by atoms with Crippen LogP contribution in [0.1, 0.15) is 32.1 Å². The minimum absolute atomic E-state index is 0.0528. The van der Waals surface area contributed by atoms with Crippen LogP contribution >= 0.6 is 0 Å². The van der Waals surface area contributed by atoms with Gasteiger partial charge in [-0.05, 0) is 25.8 Å². The molecule has 22 heavy (non-hydrogen) atoms. The molecule has 0 aliphatic carbocycles. The Kier molecular flexibility index (Phi) is 4.51. The van der Waals surface area contributed by atoms with Crippen LogP contribution < -0.4 is 5.73 Å². The molecule has 0 aromatic rings. The van der Waals surface area contributed by atoms with Crippen LogP contribution in [-0.2, 0) is 24.0 Å². The third-order valence-corrected chi connectivity index (χ3v) is 3.74. The number of hydrogen-bond donors (Lipinski definition) is 1. The highest BCUT2D eigenvalue weighted by molar-refractivity contribution is 6.16. The fourth-order valence-electron chi connectivity index (χ4n) is 2.74. The van der Waals surface area contributed by atoms with Gasteiger partial charge in [0.1, 0.15) is 0 Å². The van der Waals surface area contributed by atoms with Crippen molar-refractivity contribution in [1.82, 2.24) is 9.80 Å². The molecule has 0 saturated carbocycles. The lowest BCUT2D eigenvalue weighted by Gasteiger charge is -2.40. The van der Waals surface area contributed by atoms with Crippen LogP contribution in [0.2, 0.25) is 0 Å². The fraction of sp³-hybridized carbons (Fsp3) is 0.500. The molecule has 8 nitrogen and oxygen atoms in total. The second-order valence-corrected chi connectivity index (χ2v) is 5.13. The van der Waals surface area contributed by atoms with E-state index in [0.717, 1.165) is 12.2 Å². The highest BCUT2D eigenvalue weighted by atomic mass is 16.2. The summed E-state index contributed by atoms with van der Waals surface area (Å²) in [6.07, 6.45) is 4.33. The van der Waals surface area contributed by atoms with Crippen molar-refractivity contribution in [2.75, 3.05) is 6.54 Å². The smallest absolute Gasteiger partial charge is 0.255 e. The van der Waals surface area contributed by atoms with Crippen molar-refractivity contribution in [2.45, 2.75) is 37.8 Å². The zero-order chi connectivity index (χ0) is 16.3. The largest absolute Gasteiger partial charge is 0.330 e. The van der Waals surface area contributed by atoms with Crippen molar-refractivity contribution in [3.63, 3.8) is 0 Å². The van der Waals surface area contributed by atoms with Gasteiger partial charge in [-0.1, -0.05) is 0 Å². The van der Waals surface area contributed by atoms with Gasteiger partial charge in [-0.15, -0.1) is 0 Å². The number of amides is 4. The average Bonchev–Trinajstić information content (AvgIpc) is 3.00. The van der Waals surface area contributed by atoms with E-state index in [9.17, 15) is 24.0 Å². The molecule has 2 rings (SSSR count). The molecule has 0 spiro atoms. The van der Waals surface area contributed by atoms with Crippen LogP contribution in [0.15, 0.2) is 12.2 Å². The Morgan fingerprint density at radius 3 is 2.00 bits per heavy atom. The first-order chi connectivity index (χ1) is 10.5. The van der Waals surface area contributed by atoms with Gasteiger partial charge in [0.25, 0.3) is 11.8 Å². The van der Waals surface area contributed by atoms with Crippen molar-refractivity contribution in [2.24, 2.45) is 5.73 Å². The quantitative estimate of drug-likeness (QED) is 0.476. The van der Waals surface area contributed by atoms with Gasteiger partial charge in [0.2, 0.25) is 18.1 Å². The van der Waals surface area contributed by atoms with Gasteiger partial charge in [0, 0.05) is 25.0 Å². The van der Waals surface area contributed by atoms with Crippen molar-refractivity contribution < 1.29 is 24.0 Å². The molecule has 117 valence electrons. The van der Waals surface area contributed by atoms with Gasteiger partial charge in [-0.3, -0.25) is 24.0 Å². The van der Waals surface area contributed by atoms with E-state index in [1.165, 1.54) is 0 Å². The summed E-state index contributed by atoms with van der Waals surface area (Å²) in [7, 11) is 0. The van der Waals surface area contributed by atoms with Gasteiger partial charge < -0.3 is 5.73 Å². The number of carbonyl (C=O) groups is 4. The molecule has 1 radical (unpaired) electrons. The maximum atomic E-state index is 12.0. The molecule has 1 unspecified atom stereocenters. The number of unbranched alkanes of at least 4 members (excludes halogenated alkanes) is 1. The molecule has 4 amide bonds. The standard InChI is InChI=1S/C14H16N3O5/c15-8-2-1-7-14(9-18,16-10(19)3-4-11(16)20)17-12(21)5-6-13(17)22/h3-4H,1-2,5-8,15H2. The first-order valence-corrected chi connectivity index (χ1v) is 6.99. The summed E-state index contributed by atoms with van der Waals surface area (Å²) in [4.78, 5) is 61.0. The van der Waals surface area contributed by atoms with E-state index in [4.69, 9.17) is 5.73 Å². The molecular formula is C14H16N3O5. The monoisotopic (exact) mass is 306 g/mol. The van der Waals surface area contributed by atoms with E-state index in [-0.39, 0.29) is 19.3 Å². The third kappa shape index (κ3) is 2.45. The molecule has 2 aliphatic heterocycles. The zero-order valence-electron chi connectivity index (χ0n) is 11.9. The molecule has 2 aliphatic rings. The van der Waals surface area contributed by atoms with Crippen molar-refractivity contribution in [3.05, 3.63) is 12.2 Å². The summed E-state index contributed by atoms with van der Waals surface area (Å²) in [6.45, 7) is 0.344. The van der Waals surface area contributed by atoms with Crippen LogP contribution in [0.25, 0.3) is 0 Å². The topological polar surface area (TPSA) is 118 Å². The Bertz CT molecular complexity index is 533. The van der Waals surface area contributed by atoms with Gasteiger partial charge in [-0.25, -0.2) is 9.80 Å². The summed E-state index contributed by atoms with van der Waals surface area (Å²) in [5.74, 6) is -2.66. The molecule has 1 atom stereocenters. The van der Waals surface area contributed by atoms with Crippen molar-refractivity contribution in [3.8, 4) is 0 Å². The molecule has 1 fully saturated rings. The predicted octanol–water partition coefficient (Wildman–Crippen LogP) is -1.00. The number of nitrogens with zero attached hydrogens (tertiary/aromatic N) is 2. The van der Waals surface area contributed by atoms with E-state index in [0.29, 0.717) is 29.2 Å². The first-order valence-electron chi connectivity index (χ1n) is 6.99. The van der Waals surface area contributed by atoms with E-state index in [1.807, 2.05) is 0 Å². The van der Waals surface area contributed by atoms with Crippen molar-refractivity contribution >= 4 is 29.9 Å². The normalized spacial score (nSPS) is 21.0. The maximum absolute atomic E-state index is 12.0. The molecule has 8 heteroatoms. The Labute approximate surface area is 126 Å². The lowest BCUT2D eigenvalue weighted by Crippen LogP contribution is -2.65. The summed E-state index contributed by atoms with van der Waals surface area (Å²) >= 11 is 0. The van der Waals surface area contributed by atoms with Crippen LogP contribution in [0.5, 0.6) is 0 Å². The summed E-state index contributed by atoms with van der Waals surface area (Å²) < 4.78 is 0. The molecule has 2 heterocycles. The van der Waals surface area contributed by atoms with E-state index in [2.05, 4.69) is 0 Å². The Morgan fingerprint density at radius 1 is 1.00 bits per heavy atom. The molecule has 0 aromatic heterocycles. The van der Waals surface area contributed by atoms with Crippen LogP contribution in [-0.4, -0.2) is 51.9 Å². The van der Waals surface area contributed by atoms with Gasteiger partial charge >= 0.3 is 0 Å². The van der Waals surface area contributed by atoms with Gasteiger partial charge in [0.05, 0.1) is 0 Å².